The second-order valence-electron chi connectivity index (χ2n) is 7.56. The lowest BCUT2D eigenvalue weighted by Gasteiger charge is -2.14. The van der Waals surface area contributed by atoms with Gasteiger partial charge < -0.3 is 5.32 Å². The first kappa shape index (κ1) is 19.6. The Hall–Kier alpha value is -2.68. The van der Waals surface area contributed by atoms with Gasteiger partial charge in [-0.2, -0.15) is 10.2 Å². The van der Waals surface area contributed by atoms with Crippen LogP contribution in [0, 0.1) is 26.6 Å². The fourth-order valence-electron chi connectivity index (χ4n) is 3.84. The van der Waals surface area contributed by atoms with E-state index in [9.17, 15) is 12.8 Å². The molecule has 3 aromatic rings. The van der Waals surface area contributed by atoms with Crippen LogP contribution < -0.4 is 5.32 Å². The molecule has 0 bridgehead atoms. The van der Waals surface area contributed by atoms with Gasteiger partial charge in [-0.25, -0.2) is 22.2 Å². The van der Waals surface area contributed by atoms with E-state index in [1.807, 2.05) is 26.8 Å². The molecule has 0 spiro atoms. The van der Waals surface area contributed by atoms with Crippen LogP contribution in [0.3, 0.4) is 0 Å². The number of hydrogen-bond donors (Lipinski definition) is 1. The van der Waals surface area contributed by atoms with Crippen LogP contribution in [-0.4, -0.2) is 39.5 Å². The number of nitrogens with zero attached hydrogens (tertiary/aromatic N) is 4. The number of rotatable bonds is 5. The molecule has 4 rings (SSSR count). The van der Waals surface area contributed by atoms with Crippen LogP contribution in [0.2, 0.25) is 0 Å². The van der Waals surface area contributed by atoms with Gasteiger partial charge in [-0.1, -0.05) is 0 Å². The lowest BCUT2D eigenvalue weighted by Crippen LogP contribution is -2.16. The highest BCUT2D eigenvalue weighted by molar-refractivity contribution is 7.91. The van der Waals surface area contributed by atoms with Crippen molar-refractivity contribution in [3.8, 4) is 5.69 Å². The molecule has 9 heteroatoms. The molecule has 1 atom stereocenters. The van der Waals surface area contributed by atoms with Crippen molar-refractivity contribution in [2.75, 3.05) is 16.8 Å². The quantitative estimate of drug-likeness (QED) is 0.690. The van der Waals surface area contributed by atoms with E-state index in [1.165, 1.54) is 12.1 Å². The molecule has 0 unspecified atom stereocenters. The van der Waals surface area contributed by atoms with Gasteiger partial charge in [0, 0.05) is 23.9 Å². The number of sulfone groups is 1. The van der Waals surface area contributed by atoms with Crippen LogP contribution in [0.25, 0.3) is 5.69 Å². The number of aryl methyl sites for hydroxylation is 2. The summed E-state index contributed by atoms with van der Waals surface area (Å²) in [5.41, 5.74) is 4.53. The lowest BCUT2D eigenvalue weighted by molar-refractivity contribution is 0.501. The molecule has 1 aromatic carbocycles. The Morgan fingerprint density at radius 3 is 2.55 bits per heavy atom. The Kier molecular flexibility index (Phi) is 4.94. The fourth-order valence-corrected chi connectivity index (χ4v) is 5.53. The highest BCUT2D eigenvalue weighted by atomic mass is 32.2. The average molecular weight is 418 g/mol. The number of halogens is 1. The summed E-state index contributed by atoms with van der Waals surface area (Å²) >= 11 is 0. The molecule has 1 saturated heterocycles. The molecule has 0 radical (unpaired) electrons. The van der Waals surface area contributed by atoms with Gasteiger partial charge in [0.15, 0.2) is 9.84 Å². The molecule has 1 fully saturated rings. The van der Waals surface area contributed by atoms with E-state index in [4.69, 9.17) is 0 Å². The van der Waals surface area contributed by atoms with E-state index in [0.29, 0.717) is 13.0 Å². The molecule has 3 heterocycles. The van der Waals surface area contributed by atoms with E-state index in [-0.39, 0.29) is 23.4 Å². The zero-order valence-corrected chi connectivity index (χ0v) is 17.5. The highest BCUT2D eigenvalue weighted by Gasteiger charge is 2.31. The molecule has 29 heavy (non-hydrogen) atoms. The highest BCUT2D eigenvalue weighted by Crippen LogP contribution is 2.28. The monoisotopic (exact) mass is 417 g/mol. The third kappa shape index (κ3) is 3.91. The van der Waals surface area contributed by atoms with E-state index in [0.717, 1.165) is 34.2 Å². The van der Waals surface area contributed by atoms with Crippen molar-refractivity contribution in [3.05, 3.63) is 58.8 Å². The number of hydrogen-bond acceptors (Lipinski definition) is 5. The molecule has 2 aromatic heterocycles. The predicted molar refractivity (Wildman–Crippen MR) is 110 cm³/mol. The molecule has 0 saturated carbocycles. The Labute approximate surface area is 169 Å². The van der Waals surface area contributed by atoms with Crippen LogP contribution in [0.5, 0.6) is 0 Å². The molecule has 1 aliphatic heterocycles. The average Bonchev–Trinajstić information content (AvgIpc) is 3.30. The first-order valence-corrected chi connectivity index (χ1v) is 11.4. The minimum Gasteiger partial charge on any atom is -0.366 e. The summed E-state index contributed by atoms with van der Waals surface area (Å²) in [6, 6.07) is 8.03. The topological polar surface area (TPSA) is 81.8 Å². The van der Waals surface area contributed by atoms with Crippen molar-refractivity contribution in [1.29, 1.82) is 0 Å². The standard InChI is InChI=1S/C20H24FN5O2S/c1-13-10-20(26(23-13)18-8-9-29(27,28)12-18)22-11-19-14(2)24-25(15(19)3)17-6-4-16(21)5-7-17/h4-7,10,18,22H,8-9,11-12H2,1-3H3/t18-/m1/s1. The van der Waals surface area contributed by atoms with Crippen LogP contribution in [-0.2, 0) is 16.4 Å². The molecule has 0 amide bonds. The van der Waals surface area contributed by atoms with Gasteiger partial charge in [-0.05, 0) is 51.5 Å². The van der Waals surface area contributed by atoms with Crippen molar-refractivity contribution in [2.45, 2.75) is 39.8 Å². The van der Waals surface area contributed by atoms with Gasteiger partial charge in [-0.15, -0.1) is 0 Å². The summed E-state index contributed by atoms with van der Waals surface area (Å²) in [6.45, 7) is 6.35. The normalized spacial score (nSPS) is 18.3. The van der Waals surface area contributed by atoms with E-state index < -0.39 is 9.84 Å². The predicted octanol–water partition coefficient (Wildman–Crippen LogP) is 3.10. The minimum absolute atomic E-state index is 0.128. The Morgan fingerprint density at radius 1 is 1.17 bits per heavy atom. The summed E-state index contributed by atoms with van der Waals surface area (Å²) in [7, 11) is -2.99. The number of aromatic nitrogens is 4. The van der Waals surface area contributed by atoms with E-state index in [1.54, 1.807) is 21.5 Å². The summed E-state index contributed by atoms with van der Waals surface area (Å²) < 4.78 is 40.6. The van der Waals surface area contributed by atoms with Gasteiger partial charge >= 0.3 is 0 Å². The zero-order chi connectivity index (χ0) is 20.8. The van der Waals surface area contributed by atoms with Gasteiger partial charge in [0.1, 0.15) is 11.6 Å². The van der Waals surface area contributed by atoms with Crippen LogP contribution >= 0.6 is 0 Å². The molecule has 1 N–H and O–H groups in total. The third-order valence-corrected chi connectivity index (χ3v) is 7.12. The molecular weight excluding hydrogens is 393 g/mol. The van der Waals surface area contributed by atoms with Crippen LogP contribution in [0.15, 0.2) is 30.3 Å². The molecule has 1 aliphatic rings. The van der Waals surface area contributed by atoms with Crippen LogP contribution in [0.1, 0.15) is 35.1 Å². The Balaban J connectivity index is 1.57. The molecule has 7 nitrogen and oxygen atoms in total. The maximum atomic E-state index is 13.2. The summed E-state index contributed by atoms with van der Waals surface area (Å²) in [4.78, 5) is 0. The van der Waals surface area contributed by atoms with Crippen molar-refractivity contribution >= 4 is 15.7 Å². The fraction of sp³-hybridized carbons (Fsp3) is 0.400. The maximum Gasteiger partial charge on any atom is 0.152 e. The van der Waals surface area contributed by atoms with Gasteiger partial charge in [0.2, 0.25) is 0 Å². The zero-order valence-electron chi connectivity index (χ0n) is 16.7. The summed E-state index contributed by atoms with van der Waals surface area (Å²) in [6.07, 6.45) is 0.582. The third-order valence-electron chi connectivity index (χ3n) is 5.37. The van der Waals surface area contributed by atoms with Crippen molar-refractivity contribution < 1.29 is 12.8 Å². The van der Waals surface area contributed by atoms with Crippen LogP contribution in [0.4, 0.5) is 10.2 Å². The minimum atomic E-state index is -2.99. The number of nitrogens with one attached hydrogen (secondary N) is 1. The molecule has 0 aliphatic carbocycles. The van der Waals surface area contributed by atoms with E-state index in [2.05, 4.69) is 15.5 Å². The number of anilines is 1. The van der Waals surface area contributed by atoms with Crippen molar-refractivity contribution in [3.63, 3.8) is 0 Å². The first-order valence-electron chi connectivity index (χ1n) is 9.55. The SMILES string of the molecule is Cc1cc(NCc2c(C)nn(-c3ccc(F)cc3)c2C)n([C@@H]2CCS(=O)(=O)C2)n1. The van der Waals surface area contributed by atoms with Gasteiger partial charge in [-0.3, -0.25) is 0 Å². The lowest BCUT2D eigenvalue weighted by atomic mass is 10.2. The Morgan fingerprint density at radius 2 is 1.90 bits per heavy atom. The molecular formula is C20H24FN5O2S. The van der Waals surface area contributed by atoms with Gasteiger partial charge in [0.05, 0.1) is 34.6 Å². The van der Waals surface area contributed by atoms with Gasteiger partial charge in [0.25, 0.3) is 0 Å². The first-order chi connectivity index (χ1) is 13.7. The second kappa shape index (κ2) is 7.29. The smallest absolute Gasteiger partial charge is 0.152 e. The maximum absolute atomic E-state index is 13.2. The second-order valence-corrected chi connectivity index (χ2v) is 9.79. The van der Waals surface area contributed by atoms with Crippen molar-refractivity contribution in [1.82, 2.24) is 19.6 Å². The molecule has 154 valence electrons. The Bertz CT molecular complexity index is 1150. The van der Waals surface area contributed by atoms with Crippen molar-refractivity contribution in [2.24, 2.45) is 0 Å². The summed E-state index contributed by atoms with van der Waals surface area (Å²) in [5, 5.41) is 12.5. The largest absolute Gasteiger partial charge is 0.366 e. The summed E-state index contributed by atoms with van der Waals surface area (Å²) in [5.74, 6) is 0.856. The van der Waals surface area contributed by atoms with E-state index >= 15 is 0 Å². The number of benzene rings is 1.